The molecule has 0 fully saturated rings. The van der Waals surface area contributed by atoms with Gasteiger partial charge in [0.25, 0.3) is 0 Å². The van der Waals surface area contributed by atoms with Gasteiger partial charge in [-0.3, -0.25) is 4.79 Å². The monoisotopic (exact) mass is 315 g/mol. The number of carbonyl (C=O) groups is 1. The molecule has 4 nitrogen and oxygen atoms in total. The van der Waals surface area contributed by atoms with Gasteiger partial charge in [-0.1, -0.05) is 12.1 Å². The molecule has 18 heavy (non-hydrogen) atoms. The lowest BCUT2D eigenvalue weighted by molar-refractivity contribution is -0.140. The smallest absolute Gasteiger partial charge is 0.320 e. The van der Waals surface area contributed by atoms with Crippen LogP contribution in [0.5, 0.6) is 5.75 Å². The topological polar surface area (TPSA) is 58.6 Å². The lowest BCUT2D eigenvalue weighted by Crippen LogP contribution is -2.43. The summed E-state index contributed by atoms with van der Waals surface area (Å²) in [6, 6.07) is 6.89. The average molecular weight is 316 g/mol. The summed E-state index contributed by atoms with van der Waals surface area (Å²) in [7, 11) is 1.63. The Morgan fingerprint density at radius 1 is 1.50 bits per heavy atom. The molecule has 0 amide bonds. The van der Waals surface area contributed by atoms with Gasteiger partial charge >= 0.3 is 5.97 Å². The Balaban J connectivity index is 2.75. The van der Waals surface area contributed by atoms with Gasteiger partial charge in [0.15, 0.2) is 0 Å². The largest absolute Gasteiger partial charge is 0.487 e. The van der Waals surface area contributed by atoms with Gasteiger partial charge in [-0.25, -0.2) is 0 Å². The lowest BCUT2D eigenvalue weighted by Gasteiger charge is -2.29. The molecule has 1 aromatic rings. The first-order valence-electron chi connectivity index (χ1n) is 5.69. The molecular weight excluding hydrogens is 298 g/mol. The van der Waals surface area contributed by atoms with Crippen molar-refractivity contribution in [2.45, 2.75) is 31.9 Å². The fraction of sp³-hybridized carbons (Fsp3) is 0.462. The van der Waals surface area contributed by atoms with Crippen molar-refractivity contribution >= 4 is 21.9 Å². The second-order valence-electron chi connectivity index (χ2n) is 4.68. The third-order valence-electron chi connectivity index (χ3n) is 2.57. The summed E-state index contributed by atoms with van der Waals surface area (Å²) in [6.45, 7) is 3.75. The van der Waals surface area contributed by atoms with Gasteiger partial charge in [0.1, 0.15) is 17.4 Å². The maximum Gasteiger partial charge on any atom is 0.320 e. The van der Waals surface area contributed by atoms with E-state index in [0.717, 1.165) is 4.47 Å². The van der Waals surface area contributed by atoms with Crippen LogP contribution in [0.3, 0.4) is 0 Å². The van der Waals surface area contributed by atoms with Crippen LogP contribution in [0.1, 0.15) is 20.3 Å². The Morgan fingerprint density at radius 2 is 2.11 bits per heavy atom. The zero-order valence-corrected chi connectivity index (χ0v) is 12.3. The zero-order valence-electron chi connectivity index (χ0n) is 10.7. The van der Waals surface area contributed by atoms with Crippen molar-refractivity contribution in [1.29, 1.82) is 0 Å². The van der Waals surface area contributed by atoms with E-state index in [-0.39, 0.29) is 0 Å². The van der Waals surface area contributed by atoms with Crippen LogP contribution in [0.25, 0.3) is 0 Å². The second kappa shape index (κ2) is 6.20. The van der Waals surface area contributed by atoms with Crippen molar-refractivity contribution in [2.24, 2.45) is 0 Å². The van der Waals surface area contributed by atoms with Crippen molar-refractivity contribution < 1.29 is 14.6 Å². The molecular formula is C13H18BrNO3. The molecule has 1 rings (SSSR count). The Morgan fingerprint density at radius 3 is 2.61 bits per heavy atom. The molecule has 0 heterocycles. The van der Waals surface area contributed by atoms with Crippen LogP contribution in [-0.4, -0.2) is 29.8 Å². The zero-order chi connectivity index (χ0) is 13.8. The van der Waals surface area contributed by atoms with Crippen molar-refractivity contribution in [3.8, 4) is 5.75 Å². The summed E-state index contributed by atoms with van der Waals surface area (Å²) < 4.78 is 6.72. The highest BCUT2D eigenvalue weighted by atomic mass is 79.9. The normalized spacial score (nSPS) is 13.1. The molecule has 5 heteroatoms. The van der Waals surface area contributed by atoms with Crippen molar-refractivity contribution in [2.75, 3.05) is 7.05 Å². The number of nitrogens with one attached hydrogen (secondary N) is 1. The van der Waals surface area contributed by atoms with E-state index in [4.69, 9.17) is 9.84 Å². The van der Waals surface area contributed by atoms with E-state index in [0.29, 0.717) is 12.2 Å². The highest BCUT2D eigenvalue weighted by molar-refractivity contribution is 9.10. The minimum atomic E-state index is -0.874. The number of rotatable bonds is 6. The van der Waals surface area contributed by atoms with E-state index in [1.807, 2.05) is 38.1 Å². The summed E-state index contributed by atoms with van der Waals surface area (Å²) in [6.07, 6.45) is 0.375. The van der Waals surface area contributed by atoms with E-state index < -0.39 is 17.6 Å². The highest BCUT2D eigenvalue weighted by Crippen LogP contribution is 2.29. The van der Waals surface area contributed by atoms with Gasteiger partial charge in [0.2, 0.25) is 0 Å². The predicted octanol–water partition coefficient (Wildman–Crippen LogP) is 2.67. The highest BCUT2D eigenvalue weighted by Gasteiger charge is 2.28. The van der Waals surface area contributed by atoms with Gasteiger partial charge in [-0.05, 0) is 49.0 Å². The van der Waals surface area contributed by atoms with Crippen LogP contribution in [0, 0.1) is 0 Å². The van der Waals surface area contributed by atoms with Crippen molar-refractivity contribution in [3.05, 3.63) is 28.7 Å². The summed E-state index contributed by atoms with van der Waals surface area (Å²) in [5.74, 6) is -0.163. The molecule has 0 saturated heterocycles. The minimum Gasteiger partial charge on any atom is -0.487 e. The number of carboxylic acids is 1. The molecule has 1 unspecified atom stereocenters. The first-order valence-corrected chi connectivity index (χ1v) is 6.48. The van der Waals surface area contributed by atoms with Crippen molar-refractivity contribution in [1.82, 2.24) is 5.32 Å². The Hall–Kier alpha value is -1.07. The van der Waals surface area contributed by atoms with Crippen LogP contribution in [0.2, 0.25) is 0 Å². The number of likely N-dealkylation sites (N-methyl/N-ethyl adjacent to an activating group) is 1. The molecule has 0 spiro atoms. The molecule has 0 aromatic heterocycles. The van der Waals surface area contributed by atoms with Crippen LogP contribution in [0.4, 0.5) is 0 Å². The Kier molecular flexibility index (Phi) is 5.16. The van der Waals surface area contributed by atoms with Crippen LogP contribution >= 0.6 is 15.9 Å². The van der Waals surface area contributed by atoms with Crippen LogP contribution < -0.4 is 10.1 Å². The maximum absolute atomic E-state index is 11.0. The molecule has 0 aliphatic heterocycles. The Bertz CT molecular complexity index is 420. The third-order valence-corrected chi connectivity index (χ3v) is 3.22. The molecule has 0 saturated carbocycles. The molecule has 100 valence electrons. The lowest BCUT2D eigenvalue weighted by atomic mass is 9.98. The van der Waals surface area contributed by atoms with Gasteiger partial charge in [0, 0.05) is 6.42 Å². The molecule has 0 aliphatic carbocycles. The maximum atomic E-state index is 11.0. The van der Waals surface area contributed by atoms with E-state index >= 15 is 0 Å². The number of ether oxygens (including phenoxy) is 1. The van der Waals surface area contributed by atoms with Crippen LogP contribution in [0.15, 0.2) is 28.7 Å². The standard InChI is InChI=1S/C13H18BrNO3/c1-13(2,8-10(15-3)12(16)17)18-11-7-5-4-6-9(11)14/h4-7,10,15H,8H2,1-3H3,(H,16,17). The molecule has 1 aromatic carbocycles. The van der Waals surface area contributed by atoms with Gasteiger partial charge < -0.3 is 15.2 Å². The number of benzene rings is 1. The quantitative estimate of drug-likeness (QED) is 0.847. The van der Waals surface area contributed by atoms with Gasteiger partial charge in [-0.2, -0.15) is 0 Å². The second-order valence-corrected chi connectivity index (χ2v) is 5.53. The minimum absolute atomic E-state index is 0.375. The number of hydrogen-bond donors (Lipinski definition) is 2. The van der Waals surface area contributed by atoms with E-state index in [2.05, 4.69) is 21.2 Å². The average Bonchev–Trinajstić information content (AvgIpc) is 2.28. The fourth-order valence-corrected chi connectivity index (χ4v) is 2.04. The fourth-order valence-electron chi connectivity index (χ4n) is 1.67. The number of aliphatic carboxylic acids is 1. The number of halogens is 1. The summed E-state index contributed by atoms with van der Waals surface area (Å²) >= 11 is 3.40. The molecule has 0 aliphatic rings. The Labute approximate surface area is 115 Å². The van der Waals surface area contributed by atoms with Crippen LogP contribution in [-0.2, 0) is 4.79 Å². The summed E-state index contributed by atoms with van der Waals surface area (Å²) in [5.41, 5.74) is -0.573. The molecule has 0 radical (unpaired) electrons. The molecule has 2 N–H and O–H groups in total. The van der Waals surface area contributed by atoms with Gasteiger partial charge in [0.05, 0.1) is 4.47 Å². The van der Waals surface area contributed by atoms with Gasteiger partial charge in [-0.15, -0.1) is 0 Å². The van der Waals surface area contributed by atoms with Crippen molar-refractivity contribution in [3.63, 3.8) is 0 Å². The van der Waals surface area contributed by atoms with E-state index in [1.165, 1.54) is 0 Å². The number of hydrogen-bond acceptors (Lipinski definition) is 3. The SMILES string of the molecule is CNC(CC(C)(C)Oc1ccccc1Br)C(=O)O. The van der Waals surface area contributed by atoms with E-state index in [9.17, 15) is 4.79 Å². The number of carboxylic acid groups (broad SMARTS) is 1. The summed E-state index contributed by atoms with van der Waals surface area (Å²) in [5, 5.41) is 11.8. The molecule has 1 atom stereocenters. The third kappa shape index (κ3) is 4.31. The van der Waals surface area contributed by atoms with E-state index in [1.54, 1.807) is 7.05 Å². The molecule has 0 bridgehead atoms. The number of para-hydroxylation sites is 1. The summed E-state index contributed by atoms with van der Waals surface area (Å²) in [4.78, 5) is 11.0. The first-order chi connectivity index (χ1) is 8.35. The first kappa shape index (κ1) is 15.0. The predicted molar refractivity (Wildman–Crippen MR) is 73.9 cm³/mol.